The Hall–Kier alpha value is -1.99. The Morgan fingerprint density at radius 1 is 1.42 bits per heavy atom. The number of amides is 2. The molecule has 132 valence electrons. The molecule has 0 spiro atoms. The van der Waals surface area contributed by atoms with E-state index in [4.69, 9.17) is 0 Å². The van der Waals surface area contributed by atoms with Gasteiger partial charge >= 0.3 is 0 Å². The number of hydrogen-bond acceptors (Lipinski definition) is 5. The van der Waals surface area contributed by atoms with Crippen molar-refractivity contribution < 1.29 is 19.8 Å². The molecule has 1 saturated heterocycles. The predicted molar refractivity (Wildman–Crippen MR) is 88.0 cm³/mol. The van der Waals surface area contributed by atoms with Gasteiger partial charge in [-0.05, 0) is 25.5 Å². The van der Waals surface area contributed by atoms with Crippen molar-refractivity contribution in [2.75, 3.05) is 26.3 Å². The number of likely N-dealkylation sites (tertiary alicyclic amines) is 1. The third-order valence-electron chi connectivity index (χ3n) is 4.36. The highest BCUT2D eigenvalue weighted by Crippen LogP contribution is 2.19. The second kappa shape index (κ2) is 8.21. The molecule has 7 nitrogen and oxygen atoms in total. The fourth-order valence-corrected chi connectivity index (χ4v) is 2.67. The van der Waals surface area contributed by atoms with E-state index in [2.05, 4.69) is 10.3 Å². The van der Waals surface area contributed by atoms with Crippen molar-refractivity contribution in [2.24, 2.45) is 5.92 Å². The molecule has 1 atom stereocenters. The minimum absolute atomic E-state index is 0.0436. The molecule has 1 aliphatic rings. The Bertz CT molecular complexity index is 560. The van der Waals surface area contributed by atoms with Gasteiger partial charge in [-0.2, -0.15) is 0 Å². The predicted octanol–water partition coefficient (Wildman–Crippen LogP) is -0.278. The molecule has 0 unspecified atom stereocenters. The van der Waals surface area contributed by atoms with Crippen LogP contribution in [-0.4, -0.2) is 63.8 Å². The highest BCUT2D eigenvalue weighted by molar-refractivity contribution is 5.84. The van der Waals surface area contributed by atoms with Crippen molar-refractivity contribution in [3.63, 3.8) is 0 Å². The van der Waals surface area contributed by atoms with Gasteiger partial charge in [0.2, 0.25) is 11.8 Å². The quantitative estimate of drug-likeness (QED) is 0.636. The van der Waals surface area contributed by atoms with E-state index in [0.29, 0.717) is 32.4 Å². The zero-order chi connectivity index (χ0) is 17.6. The highest BCUT2D eigenvalue weighted by Gasteiger charge is 2.33. The lowest BCUT2D eigenvalue weighted by Crippen LogP contribution is -2.55. The monoisotopic (exact) mass is 335 g/mol. The average Bonchev–Trinajstić information content (AvgIpc) is 2.61. The van der Waals surface area contributed by atoms with E-state index in [-0.39, 0.29) is 30.9 Å². The van der Waals surface area contributed by atoms with Crippen LogP contribution in [0.25, 0.3) is 0 Å². The summed E-state index contributed by atoms with van der Waals surface area (Å²) in [4.78, 5) is 30.4. The minimum Gasteiger partial charge on any atom is -0.394 e. The maximum Gasteiger partial charge on any atom is 0.225 e. The van der Waals surface area contributed by atoms with Crippen molar-refractivity contribution >= 4 is 11.8 Å². The Morgan fingerprint density at radius 2 is 2.17 bits per heavy atom. The van der Waals surface area contributed by atoms with Crippen molar-refractivity contribution in [3.05, 3.63) is 30.1 Å². The summed E-state index contributed by atoms with van der Waals surface area (Å²) in [5, 5.41) is 21.3. The van der Waals surface area contributed by atoms with Crippen LogP contribution in [0.1, 0.15) is 25.5 Å². The second-order valence-electron chi connectivity index (χ2n) is 6.51. The first-order chi connectivity index (χ1) is 11.5. The molecule has 2 heterocycles. The fourth-order valence-electron chi connectivity index (χ4n) is 2.67. The molecule has 1 aromatic rings. The molecule has 2 rings (SSSR count). The maximum atomic E-state index is 12.4. The van der Waals surface area contributed by atoms with Gasteiger partial charge in [0, 0.05) is 37.8 Å². The van der Waals surface area contributed by atoms with Crippen LogP contribution in [0.5, 0.6) is 0 Å². The van der Waals surface area contributed by atoms with Crippen LogP contribution >= 0.6 is 0 Å². The molecule has 0 aliphatic carbocycles. The first-order valence-corrected chi connectivity index (χ1v) is 8.19. The second-order valence-corrected chi connectivity index (χ2v) is 6.51. The van der Waals surface area contributed by atoms with E-state index < -0.39 is 5.54 Å². The zero-order valence-electron chi connectivity index (χ0n) is 13.9. The normalized spacial score (nSPS) is 18.5. The van der Waals surface area contributed by atoms with Crippen LogP contribution in [0.15, 0.2) is 24.4 Å². The molecule has 7 heteroatoms. The van der Waals surface area contributed by atoms with E-state index in [1.54, 1.807) is 18.0 Å². The van der Waals surface area contributed by atoms with Crippen molar-refractivity contribution in [1.29, 1.82) is 0 Å². The molecule has 0 radical (unpaired) electrons. The Morgan fingerprint density at radius 3 is 2.79 bits per heavy atom. The first kappa shape index (κ1) is 18.4. The van der Waals surface area contributed by atoms with Gasteiger partial charge in [-0.15, -0.1) is 0 Å². The smallest absolute Gasteiger partial charge is 0.225 e. The maximum absolute atomic E-state index is 12.4. The van der Waals surface area contributed by atoms with Crippen molar-refractivity contribution in [1.82, 2.24) is 15.2 Å². The fraction of sp³-hybridized carbons (Fsp3) is 0.588. The molecule has 2 amide bonds. The number of aliphatic hydroxyl groups excluding tert-OH is 2. The average molecular weight is 335 g/mol. The minimum atomic E-state index is -1.04. The Kier molecular flexibility index (Phi) is 6.28. The number of carbonyl (C=O) groups is 2. The van der Waals surface area contributed by atoms with Crippen LogP contribution in [0, 0.1) is 5.92 Å². The summed E-state index contributed by atoms with van der Waals surface area (Å²) in [5.41, 5.74) is -0.137. The summed E-state index contributed by atoms with van der Waals surface area (Å²) in [6, 6.07) is 5.66. The van der Waals surface area contributed by atoms with E-state index in [1.165, 1.54) is 0 Å². The molecule has 24 heavy (non-hydrogen) atoms. The van der Waals surface area contributed by atoms with Gasteiger partial charge in [0.1, 0.15) is 0 Å². The van der Waals surface area contributed by atoms with Gasteiger partial charge in [-0.1, -0.05) is 6.07 Å². The van der Waals surface area contributed by atoms with Gasteiger partial charge in [-0.3, -0.25) is 14.6 Å². The SMILES string of the molecule is CC(CO)(CO)NC(=O)[C@@H]1CCC(=O)N(CCc2ccccn2)C1. The van der Waals surface area contributed by atoms with Crippen LogP contribution in [0.2, 0.25) is 0 Å². The summed E-state index contributed by atoms with van der Waals surface area (Å²) >= 11 is 0. The Labute approximate surface area is 141 Å². The van der Waals surface area contributed by atoms with Crippen LogP contribution in [0.4, 0.5) is 0 Å². The number of pyridine rings is 1. The molecule has 1 fully saturated rings. The number of aliphatic hydroxyl groups is 2. The van der Waals surface area contributed by atoms with E-state index >= 15 is 0 Å². The summed E-state index contributed by atoms with van der Waals surface area (Å²) in [6.07, 6.45) is 3.17. The lowest BCUT2D eigenvalue weighted by molar-refractivity contribution is -0.139. The molecule has 1 aromatic heterocycles. The van der Waals surface area contributed by atoms with Crippen LogP contribution < -0.4 is 5.32 Å². The summed E-state index contributed by atoms with van der Waals surface area (Å²) in [5.74, 6) is -0.526. The molecule has 0 saturated carbocycles. The molecule has 3 N–H and O–H groups in total. The molecular formula is C17H25N3O4. The van der Waals surface area contributed by atoms with Crippen molar-refractivity contribution in [2.45, 2.75) is 31.7 Å². The van der Waals surface area contributed by atoms with Crippen molar-refractivity contribution in [3.8, 4) is 0 Å². The third-order valence-corrected chi connectivity index (χ3v) is 4.36. The number of nitrogens with one attached hydrogen (secondary N) is 1. The standard InChI is InChI=1S/C17H25N3O4/c1-17(11-21,12-22)19-16(24)13-5-6-15(23)20(10-13)9-7-14-4-2-3-8-18-14/h2-4,8,13,21-22H,5-7,9-12H2,1H3,(H,19,24)/t13-/m1/s1. The van der Waals surface area contributed by atoms with Gasteiger partial charge in [0.25, 0.3) is 0 Å². The lowest BCUT2D eigenvalue weighted by atomic mass is 9.94. The summed E-state index contributed by atoms with van der Waals surface area (Å²) < 4.78 is 0. The topological polar surface area (TPSA) is 103 Å². The number of nitrogens with zero attached hydrogens (tertiary/aromatic N) is 2. The molecular weight excluding hydrogens is 310 g/mol. The van der Waals surface area contributed by atoms with Gasteiger partial charge < -0.3 is 20.4 Å². The lowest BCUT2D eigenvalue weighted by Gasteiger charge is -2.34. The molecule has 0 aromatic carbocycles. The zero-order valence-corrected chi connectivity index (χ0v) is 13.9. The number of hydrogen-bond donors (Lipinski definition) is 3. The summed E-state index contributed by atoms with van der Waals surface area (Å²) in [7, 11) is 0. The van der Waals surface area contributed by atoms with E-state index in [0.717, 1.165) is 5.69 Å². The first-order valence-electron chi connectivity index (χ1n) is 8.19. The van der Waals surface area contributed by atoms with Gasteiger partial charge in [-0.25, -0.2) is 0 Å². The number of carbonyl (C=O) groups excluding carboxylic acids is 2. The molecule has 1 aliphatic heterocycles. The largest absolute Gasteiger partial charge is 0.394 e. The number of aromatic nitrogens is 1. The van der Waals surface area contributed by atoms with Gasteiger partial charge in [0.15, 0.2) is 0 Å². The molecule has 0 bridgehead atoms. The van der Waals surface area contributed by atoms with Gasteiger partial charge in [0.05, 0.1) is 24.7 Å². The van der Waals surface area contributed by atoms with Crippen LogP contribution in [0.3, 0.4) is 0 Å². The van der Waals surface area contributed by atoms with E-state index in [1.807, 2.05) is 18.2 Å². The summed E-state index contributed by atoms with van der Waals surface area (Å²) in [6.45, 7) is 1.77. The van der Waals surface area contributed by atoms with Crippen LogP contribution in [-0.2, 0) is 16.0 Å². The van der Waals surface area contributed by atoms with E-state index in [9.17, 15) is 19.8 Å². The highest BCUT2D eigenvalue weighted by atomic mass is 16.3. The number of piperidine rings is 1. The number of rotatable bonds is 7. The Balaban J connectivity index is 1.92. The third kappa shape index (κ3) is 4.75.